The highest BCUT2D eigenvalue weighted by molar-refractivity contribution is 5.92. The van der Waals surface area contributed by atoms with Crippen LogP contribution in [0.1, 0.15) is 28.2 Å². The number of carbonyl (C=O) groups excluding carboxylic acids is 1. The molecule has 1 amide bonds. The molecule has 0 radical (unpaired) electrons. The third-order valence-electron chi connectivity index (χ3n) is 4.97. The Morgan fingerprint density at radius 2 is 1.88 bits per heavy atom. The number of hydrogen-bond donors (Lipinski definition) is 0. The molecule has 1 aromatic heterocycles. The van der Waals surface area contributed by atoms with Gasteiger partial charge in [-0.3, -0.25) is 14.5 Å². The summed E-state index contributed by atoms with van der Waals surface area (Å²) < 4.78 is 15.6. The number of hydrogen-bond acceptors (Lipinski definition) is 3. The van der Waals surface area contributed by atoms with Crippen molar-refractivity contribution >= 4 is 5.91 Å². The van der Waals surface area contributed by atoms with E-state index >= 15 is 0 Å². The van der Waals surface area contributed by atoms with Crippen molar-refractivity contribution in [3.05, 3.63) is 69.4 Å². The van der Waals surface area contributed by atoms with E-state index in [1.807, 2.05) is 13.0 Å². The molecule has 5 nitrogen and oxygen atoms in total. The SMILES string of the molecule is Cc1cc(=O)cc(C(=O)N2CCCN(Cc3ccccc3F)CC2)n1C. The van der Waals surface area contributed by atoms with Crippen LogP contribution in [0, 0.1) is 12.7 Å². The van der Waals surface area contributed by atoms with Gasteiger partial charge in [-0.05, 0) is 19.4 Å². The Morgan fingerprint density at radius 1 is 1.12 bits per heavy atom. The molecular formula is C20H24FN3O2. The number of halogens is 1. The van der Waals surface area contributed by atoms with Gasteiger partial charge in [-0.2, -0.15) is 0 Å². The lowest BCUT2D eigenvalue weighted by Crippen LogP contribution is -2.37. The zero-order valence-electron chi connectivity index (χ0n) is 15.2. The summed E-state index contributed by atoms with van der Waals surface area (Å²) in [4.78, 5) is 28.6. The molecule has 1 saturated heterocycles. The average molecular weight is 357 g/mol. The summed E-state index contributed by atoms with van der Waals surface area (Å²) >= 11 is 0. The van der Waals surface area contributed by atoms with Gasteiger partial charge in [-0.15, -0.1) is 0 Å². The summed E-state index contributed by atoms with van der Waals surface area (Å²) in [7, 11) is 1.80. The molecule has 0 unspecified atom stereocenters. The second-order valence-electron chi connectivity index (χ2n) is 6.79. The Hall–Kier alpha value is -2.47. The normalized spacial score (nSPS) is 15.7. The second-order valence-corrected chi connectivity index (χ2v) is 6.79. The van der Waals surface area contributed by atoms with Gasteiger partial charge in [0.1, 0.15) is 11.5 Å². The van der Waals surface area contributed by atoms with Gasteiger partial charge in [0.25, 0.3) is 5.91 Å². The molecule has 1 fully saturated rings. The molecule has 6 heteroatoms. The maximum Gasteiger partial charge on any atom is 0.270 e. The van der Waals surface area contributed by atoms with Crippen molar-refractivity contribution < 1.29 is 9.18 Å². The van der Waals surface area contributed by atoms with E-state index in [1.54, 1.807) is 28.6 Å². The quantitative estimate of drug-likeness (QED) is 0.846. The Morgan fingerprint density at radius 3 is 2.65 bits per heavy atom. The van der Waals surface area contributed by atoms with E-state index < -0.39 is 0 Å². The molecule has 26 heavy (non-hydrogen) atoms. The topological polar surface area (TPSA) is 45.6 Å². The van der Waals surface area contributed by atoms with E-state index in [0.29, 0.717) is 37.4 Å². The summed E-state index contributed by atoms with van der Waals surface area (Å²) in [5, 5.41) is 0. The molecule has 0 spiro atoms. The van der Waals surface area contributed by atoms with Gasteiger partial charge in [-0.25, -0.2) is 4.39 Å². The number of rotatable bonds is 3. The minimum atomic E-state index is -0.195. The number of nitrogens with zero attached hydrogens (tertiary/aromatic N) is 3. The minimum Gasteiger partial charge on any atom is -0.344 e. The predicted molar refractivity (Wildman–Crippen MR) is 98.6 cm³/mol. The van der Waals surface area contributed by atoms with Gasteiger partial charge in [0.15, 0.2) is 5.43 Å². The van der Waals surface area contributed by atoms with Crippen LogP contribution >= 0.6 is 0 Å². The van der Waals surface area contributed by atoms with E-state index in [1.165, 1.54) is 18.2 Å². The molecule has 0 atom stereocenters. The zero-order valence-corrected chi connectivity index (χ0v) is 15.2. The number of carbonyl (C=O) groups is 1. The van der Waals surface area contributed by atoms with E-state index in [4.69, 9.17) is 0 Å². The van der Waals surface area contributed by atoms with Crippen LogP contribution < -0.4 is 5.43 Å². The molecule has 2 aromatic rings. The van der Waals surface area contributed by atoms with Crippen LogP contribution in [0.5, 0.6) is 0 Å². The fraction of sp³-hybridized carbons (Fsp3) is 0.400. The molecule has 138 valence electrons. The maximum atomic E-state index is 13.9. The van der Waals surface area contributed by atoms with Crippen molar-refractivity contribution in [2.45, 2.75) is 19.9 Å². The first-order valence-corrected chi connectivity index (χ1v) is 8.88. The third-order valence-corrected chi connectivity index (χ3v) is 4.97. The molecule has 0 N–H and O–H groups in total. The van der Waals surface area contributed by atoms with Gasteiger partial charge in [0, 0.05) is 63.2 Å². The van der Waals surface area contributed by atoms with E-state index in [0.717, 1.165) is 18.7 Å². The molecule has 1 aromatic carbocycles. The predicted octanol–water partition coefficient (Wildman–Crippen LogP) is 2.18. The Balaban J connectivity index is 1.70. The minimum absolute atomic E-state index is 0.124. The lowest BCUT2D eigenvalue weighted by atomic mass is 10.2. The van der Waals surface area contributed by atoms with Gasteiger partial charge in [0.05, 0.1) is 0 Å². The van der Waals surface area contributed by atoms with Crippen LogP contribution in [0.2, 0.25) is 0 Å². The van der Waals surface area contributed by atoms with Crippen LogP contribution in [0.25, 0.3) is 0 Å². The van der Waals surface area contributed by atoms with E-state index in [-0.39, 0.29) is 17.2 Å². The van der Waals surface area contributed by atoms with Crippen LogP contribution in [0.4, 0.5) is 4.39 Å². The standard InChI is InChI=1S/C20H24FN3O2/c1-15-12-17(25)13-19(22(15)2)20(26)24-9-5-8-23(10-11-24)14-16-6-3-4-7-18(16)21/h3-4,6-7,12-13H,5,8-11,14H2,1-2H3. The fourth-order valence-electron chi connectivity index (χ4n) is 3.33. The van der Waals surface area contributed by atoms with Crippen LogP contribution in [-0.4, -0.2) is 46.5 Å². The molecule has 3 rings (SSSR count). The van der Waals surface area contributed by atoms with Gasteiger partial charge < -0.3 is 9.47 Å². The monoisotopic (exact) mass is 357 g/mol. The smallest absolute Gasteiger partial charge is 0.270 e. The Bertz CT molecular complexity index is 862. The number of amides is 1. The first kappa shape index (κ1) is 18.3. The summed E-state index contributed by atoms with van der Waals surface area (Å²) in [6.45, 7) is 5.04. The lowest BCUT2D eigenvalue weighted by molar-refractivity contribution is 0.0750. The van der Waals surface area contributed by atoms with Gasteiger partial charge in [-0.1, -0.05) is 18.2 Å². The van der Waals surface area contributed by atoms with Crippen molar-refractivity contribution in [1.29, 1.82) is 0 Å². The number of pyridine rings is 1. The van der Waals surface area contributed by atoms with Crippen molar-refractivity contribution in [3.63, 3.8) is 0 Å². The van der Waals surface area contributed by atoms with Gasteiger partial charge in [0.2, 0.25) is 0 Å². The number of benzene rings is 1. The molecule has 0 aliphatic carbocycles. The fourth-order valence-corrected chi connectivity index (χ4v) is 3.33. The third kappa shape index (κ3) is 4.02. The van der Waals surface area contributed by atoms with E-state index in [2.05, 4.69) is 4.90 Å². The molecule has 2 heterocycles. The average Bonchev–Trinajstić information content (AvgIpc) is 2.85. The highest BCUT2D eigenvalue weighted by atomic mass is 19.1. The second kappa shape index (κ2) is 7.83. The molecule has 0 saturated carbocycles. The van der Waals surface area contributed by atoms with Crippen LogP contribution in [0.15, 0.2) is 41.2 Å². The highest BCUT2D eigenvalue weighted by Gasteiger charge is 2.22. The first-order chi connectivity index (χ1) is 12.5. The van der Waals surface area contributed by atoms with Crippen LogP contribution in [0.3, 0.4) is 0 Å². The lowest BCUT2D eigenvalue weighted by Gasteiger charge is -2.23. The summed E-state index contributed by atoms with van der Waals surface area (Å²) in [5.41, 5.74) is 1.70. The molecular weight excluding hydrogens is 333 g/mol. The first-order valence-electron chi connectivity index (χ1n) is 8.88. The largest absolute Gasteiger partial charge is 0.344 e. The van der Waals surface area contributed by atoms with E-state index in [9.17, 15) is 14.0 Å². The Kier molecular flexibility index (Phi) is 5.52. The van der Waals surface area contributed by atoms with Crippen molar-refractivity contribution in [2.75, 3.05) is 26.2 Å². The molecule has 1 aliphatic heterocycles. The van der Waals surface area contributed by atoms with Gasteiger partial charge >= 0.3 is 0 Å². The van der Waals surface area contributed by atoms with Crippen molar-refractivity contribution in [3.8, 4) is 0 Å². The van der Waals surface area contributed by atoms with Crippen LogP contribution in [-0.2, 0) is 13.6 Å². The number of aromatic nitrogens is 1. The number of aryl methyl sites for hydroxylation is 1. The zero-order chi connectivity index (χ0) is 18.7. The maximum absolute atomic E-state index is 13.9. The Labute approximate surface area is 152 Å². The summed E-state index contributed by atoms with van der Waals surface area (Å²) in [6, 6.07) is 9.72. The molecule has 0 bridgehead atoms. The van der Waals surface area contributed by atoms with Crippen molar-refractivity contribution in [2.24, 2.45) is 7.05 Å². The summed E-state index contributed by atoms with van der Waals surface area (Å²) in [6.07, 6.45) is 0.819. The van der Waals surface area contributed by atoms with Crippen molar-refractivity contribution in [1.82, 2.24) is 14.4 Å². The highest BCUT2D eigenvalue weighted by Crippen LogP contribution is 2.14. The molecule has 1 aliphatic rings. The summed E-state index contributed by atoms with van der Waals surface area (Å²) in [5.74, 6) is -0.319.